The highest BCUT2D eigenvalue weighted by molar-refractivity contribution is 6.30. The number of hydrogen-bond acceptors (Lipinski definition) is 2. The molecule has 0 spiro atoms. The van der Waals surface area contributed by atoms with E-state index in [1.807, 2.05) is 19.1 Å². The summed E-state index contributed by atoms with van der Waals surface area (Å²) in [6.07, 6.45) is 0. The minimum Gasteiger partial charge on any atom is -0.364 e. The van der Waals surface area contributed by atoms with Crippen LogP contribution in [0.4, 0.5) is 0 Å². The van der Waals surface area contributed by atoms with Crippen molar-refractivity contribution in [1.29, 1.82) is 0 Å². The summed E-state index contributed by atoms with van der Waals surface area (Å²) in [5.74, 6) is -0.532. The largest absolute Gasteiger partial charge is 0.364 e. The van der Waals surface area contributed by atoms with E-state index in [1.54, 1.807) is 22.9 Å². The van der Waals surface area contributed by atoms with Crippen molar-refractivity contribution in [2.24, 2.45) is 5.73 Å². The Kier molecular flexibility index (Phi) is 2.66. The van der Waals surface area contributed by atoms with E-state index < -0.39 is 5.91 Å². The van der Waals surface area contributed by atoms with Gasteiger partial charge < -0.3 is 5.73 Å². The monoisotopic (exact) mass is 235 g/mol. The molecule has 0 aliphatic carbocycles. The van der Waals surface area contributed by atoms with Gasteiger partial charge in [-0.15, -0.1) is 0 Å². The topological polar surface area (TPSA) is 60.9 Å². The first kappa shape index (κ1) is 10.7. The second-order valence-corrected chi connectivity index (χ2v) is 3.86. The Morgan fingerprint density at radius 1 is 1.38 bits per heavy atom. The third-order valence-electron chi connectivity index (χ3n) is 2.21. The molecule has 0 aliphatic heterocycles. The highest BCUT2D eigenvalue weighted by atomic mass is 35.5. The molecule has 1 heterocycles. The van der Waals surface area contributed by atoms with Gasteiger partial charge in [0.1, 0.15) is 0 Å². The second-order valence-electron chi connectivity index (χ2n) is 3.42. The summed E-state index contributed by atoms with van der Waals surface area (Å²) in [5.41, 5.74) is 7.10. The fraction of sp³-hybridized carbons (Fsp3) is 0.0909. The van der Waals surface area contributed by atoms with Gasteiger partial charge in [-0.25, -0.2) is 4.68 Å². The van der Waals surface area contributed by atoms with Crippen LogP contribution < -0.4 is 5.73 Å². The van der Waals surface area contributed by atoms with Gasteiger partial charge in [0.25, 0.3) is 5.91 Å². The molecule has 5 heteroatoms. The van der Waals surface area contributed by atoms with E-state index in [0.29, 0.717) is 5.02 Å². The molecule has 16 heavy (non-hydrogen) atoms. The summed E-state index contributed by atoms with van der Waals surface area (Å²) >= 11 is 5.79. The van der Waals surface area contributed by atoms with E-state index in [-0.39, 0.29) is 5.69 Å². The number of halogens is 1. The van der Waals surface area contributed by atoms with Crippen LogP contribution in [0.5, 0.6) is 0 Å². The van der Waals surface area contributed by atoms with E-state index in [9.17, 15) is 4.79 Å². The summed E-state index contributed by atoms with van der Waals surface area (Å²) in [7, 11) is 0. The van der Waals surface area contributed by atoms with Crippen LogP contribution in [0, 0.1) is 6.92 Å². The van der Waals surface area contributed by atoms with Gasteiger partial charge in [-0.1, -0.05) is 11.6 Å². The van der Waals surface area contributed by atoms with Gasteiger partial charge in [0.2, 0.25) is 0 Å². The predicted molar refractivity (Wildman–Crippen MR) is 61.8 cm³/mol. The zero-order valence-corrected chi connectivity index (χ0v) is 9.40. The van der Waals surface area contributed by atoms with Crippen LogP contribution in [0.15, 0.2) is 30.3 Å². The van der Waals surface area contributed by atoms with Crippen molar-refractivity contribution >= 4 is 17.5 Å². The Morgan fingerprint density at radius 3 is 2.50 bits per heavy atom. The molecule has 0 saturated heterocycles. The Hall–Kier alpha value is -1.81. The molecule has 1 amide bonds. The number of benzene rings is 1. The number of hydrogen-bond donors (Lipinski definition) is 1. The van der Waals surface area contributed by atoms with Crippen molar-refractivity contribution in [2.75, 3.05) is 0 Å². The van der Waals surface area contributed by atoms with Crippen molar-refractivity contribution in [3.63, 3.8) is 0 Å². The first-order valence-electron chi connectivity index (χ1n) is 4.70. The van der Waals surface area contributed by atoms with Crippen molar-refractivity contribution in [3.8, 4) is 5.69 Å². The molecule has 1 aromatic heterocycles. The summed E-state index contributed by atoms with van der Waals surface area (Å²) < 4.78 is 1.65. The lowest BCUT2D eigenvalue weighted by atomic mass is 10.3. The van der Waals surface area contributed by atoms with Gasteiger partial charge in [0, 0.05) is 10.7 Å². The molecule has 0 bridgehead atoms. The molecule has 1 aromatic carbocycles. The van der Waals surface area contributed by atoms with Gasteiger partial charge in [-0.3, -0.25) is 4.79 Å². The first-order valence-corrected chi connectivity index (χ1v) is 5.08. The fourth-order valence-electron chi connectivity index (χ4n) is 1.44. The molecule has 0 fully saturated rings. The number of aryl methyl sites for hydroxylation is 1. The number of carbonyl (C=O) groups excluding carboxylic acids is 1. The maximum absolute atomic E-state index is 11.0. The number of carbonyl (C=O) groups is 1. The van der Waals surface area contributed by atoms with Crippen LogP contribution >= 0.6 is 11.6 Å². The number of primary amides is 1. The highest BCUT2D eigenvalue weighted by Gasteiger charge is 2.09. The maximum Gasteiger partial charge on any atom is 0.269 e. The van der Waals surface area contributed by atoms with Gasteiger partial charge in [0.15, 0.2) is 5.69 Å². The number of rotatable bonds is 2. The van der Waals surface area contributed by atoms with Gasteiger partial charge >= 0.3 is 0 Å². The number of nitrogens with zero attached hydrogens (tertiary/aromatic N) is 2. The summed E-state index contributed by atoms with van der Waals surface area (Å²) in [5, 5.41) is 4.76. The zero-order chi connectivity index (χ0) is 11.7. The minimum absolute atomic E-state index is 0.257. The van der Waals surface area contributed by atoms with Crippen molar-refractivity contribution in [2.45, 2.75) is 6.92 Å². The lowest BCUT2D eigenvalue weighted by Gasteiger charge is -2.03. The third kappa shape index (κ3) is 1.92. The summed E-state index contributed by atoms with van der Waals surface area (Å²) in [4.78, 5) is 11.0. The standard InChI is InChI=1S/C11H10ClN3O/c1-7-6-10(11(13)16)14-15(7)9-4-2-8(12)3-5-9/h2-6H,1H3,(H2,13,16). The SMILES string of the molecule is Cc1cc(C(N)=O)nn1-c1ccc(Cl)cc1. The Morgan fingerprint density at radius 2 is 2.00 bits per heavy atom. The molecule has 4 nitrogen and oxygen atoms in total. The molecule has 0 saturated carbocycles. The lowest BCUT2D eigenvalue weighted by molar-refractivity contribution is 0.0995. The van der Waals surface area contributed by atoms with Crippen LogP contribution in [0.1, 0.15) is 16.2 Å². The normalized spacial score (nSPS) is 10.4. The molecule has 2 rings (SSSR count). The van der Waals surface area contributed by atoms with Crippen LogP contribution in [0.25, 0.3) is 5.69 Å². The first-order chi connectivity index (χ1) is 7.58. The van der Waals surface area contributed by atoms with Crippen LogP contribution in [-0.4, -0.2) is 15.7 Å². The van der Waals surface area contributed by atoms with Crippen LogP contribution in [0.3, 0.4) is 0 Å². The Labute approximate surface area is 97.6 Å². The molecular formula is C11H10ClN3O. The third-order valence-corrected chi connectivity index (χ3v) is 2.46. The molecule has 82 valence electrons. The molecule has 2 aromatic rings. The highest BCUT2D eigenvalue weighted by Crippen LogP contribution is 2.15. The number of nitrogens with two attached hydrogens (primary N) is 1. The van der Waals surface area contributed by atoms with Crippen LogP contribution in [0.2, 0.25) is 5.02 Å². The number of aromatic nitrogens is 2. The number of amides is 1. The Balaban J connectivity index is 2.47. The molecule has 0 aliphatic rings. The molecule has 0 radical (unpaired) electrons. The molecule has 2 N–H and O–H groups in total. The van der Waals surface area contributed by atoms with Gasteiger partial charge in [-0.2, -0.15) is 5.10 Å². The molecule has 0 unspecified atom stereocenters. The Bertz CT molecular complexity index is 531. The second kappa shape index (κ2) is 3.98. The summed E-state index contributed by atoms with van der Waals surface area (Å²) in [6.45, 7) is 1.86. The average molecular weight is 236 g/mol. The lowest BCUT2D eigenvalue weighted by Crippen LogP contribution is -2.12. The molecular weight excluding hydrogens is 226 g/mol. The minimum atomic E-state index is -0.532. The van der Waals surface area contributed by atoms with E-state index in [1.165, 1.54) is 0 Å². The average Bonchev–Trinajstić information content (AvgIpc) is 2.62. The van der Waals surface area contributed by atoms with Gasteiger partial charge in [0.05, 0.1) is 5.69 Å². The van der Waals surface area contributed by atoms with Gasteiger partial charge in [-0.05, 0) is 37.3 Å². The summed E-state index contributed by atoms with van der Waals surface area (Å²) in [6, 6.07) is 8.83. The quantitative estimate of drug-likeness (QED) is 0.865. The maximum atomic E-state index is 11.0. The van der Waals surface area contributed by atoms with E-state index in [0.717, 1.165) is 11.4 Å². The van der Waals surface area contributed by atoms with E-state index >= 15 is 0 Å². The molecule has 0 atom stereocenters. The van der Waals surface area contributed by atoms with E-state index in [4.69, 9.17) is 17.3 Å². The van der Waals surface area contributed by atoms with Crippen molar-refractivity contribution < 1.29 is 4.79 Å². The van der Waals surface area contributed by atoms with Crippen LogP contribution in [-0.2, 0) is 0 Å². The smallest absolute Gasteiger partial charge is 0.269 e. The van der Waals surface area contributed by atoms with E-state index in [2.05, 4.69) is 5.10 Å². The van der Waals surface area contributed by atoms with Crippen molar-refractivity contribution in [3.05, 3.63) is 46.7 Å². The predicted octanol–water partition coefficient (Wildman–Crippen LogP) is 1.93. The zero-order valence-electron chi connectivity index (χ0n) is 8.64. The fourth-order valence-corrected chi connectivity index (χ4v) is 1.56. The van der Waals surface area contributed by atoms with Crippen molar-refractivity contribution in [1.82, 2.24) is 9.78 Å².